The molecule has 158 valence electrons. The average molecular weight is 421 g/mol. The fourth-order valence-electron chi connectivity index (χ4n) is 2.86. The number of carbonyl (C=O) groups excluding carboxylic acids is 1. The maximum Gasteiger partial charge on any atom is 0.254 e. The van der Waals surface area contributed by atoms with Crippen LogP contribution in [0.2, 0.25) is 0 Å². The number of nitrogens with one attached hydrogen (secondary N) is 1. The van der Waals surface area contributed by atoms with Crippen molar-refractivity contribution in [1.29, 1.82) is 0 Å². The van der Waals surface area contributed by atoms with Crippen molar-refractivity contribution < 1.29 is 22.7 Å². The number of benzene rings is 2. The summed E-state index contributed by atoms with van der Waals surface area (Å²) >= 11 is 0. The Morgan fingerprint density at radius 2 is 1.66 bits per heavy atom. The molecule has 8 heteroatoms. The molecule has 0 aliphatic rings. The van der Waals surface area contributed by atoms with Gasteiger partial charge >= 0.3 is 0 Å². The molecule has 2 rings (SSSR count). The van der Waals surface area contributed by atoms with Gasteiger partial charge in [0.1, 0.15) is 0 Å². The van der Waals surface area contributed by atoms with Crippen LogP contribution in [0.4, 0.5) is 0 Å². The lowest BCUT2D eigenvalue weighted by Gasteiger charge is -2.22. The van der Waals surface area contributed by atoms with E-state index in [9.17, 15) is 13.2 Å². The first-order valence-electron chi connectivity index (χ1n) is 9.34. The summed E-state index contributed by atoms with van der Waals surface area (Å²) in [5, 5.41) is 0. The van der Waals surface area contributed by atoms with Gasteiger partial charge < -0.3 is 14.4 Å². The van der Waals surface area contributed by atoms with Gasteiger partial charge in [0.05, 0.1) is 19.1 Å². The Balaban J connectivity index is 2.19. The van der Waals surface area contributed by atoms with Crippen molar-refractivity contribution in [3.8, 4) is 11.5 Å². The molecule has 29 heavy (non-hydrogen) atoms. The van der Waals surface area contributed by atoms with E-state index in [0.717, 1.165) is 5.56 Å². The van der Waals surface area contributed by atoms with Gasteiger partial charge in [-0.3, -0.25) is 4.79 Å². The van der Waals surface area contributed by atoms with Crippen molar-refractivity contribution in [2.45, 2.75) is 38.3 Å². The molecule has 0 fully saturated rings. The van der Waals surface area contributed by atoms with E-state index in [0.29, 0.717) is 30.2 Å². The maximum atomic E-state index is 12.9. The van der Waals surface area contributed by atoms with E-state index >= 15 is 0 Å². The van der Waals surface area contributed by atoms with Crippen molar-refractivity contribution in [1.82, 2.24) is 9.62 Å². The Bertz CT molecular complexity index is 940. The maximum absolute atomic E-state index is 12.9. The second kappa shape index (κ2) is 9.76. The summed E-state index contributed by atoms with van der Waals surface area (Å²) in [7, 11) is -0.458. The second-order valence-electron chi connectivity index (χ2n) is 6.81. The molecule has 0 aliphatic heterocycles. The normalized spacial score (nSPS) is 11.4. The van der Waals surface area contributed by atoms with Crippen LogP contribution in [-0.2, 0) is 16.6 Å². The standard InChI is InChI=1S/C21H28N2O5S/c1-6-23(14-16-7-12-19(27-4)20(13-16)28-5)21(24)17-8-10-18(11-9-17)29(25,26)22-15(2)3/h7-13,15,22H,6,14H2,1-5H3. The van der Waals surface area contributed by atoms with E-state index in [-0.39, 0.29) is 16.8 Å². The van der Waals surface area contributed by atoms with Crippen molar-refractivity contribution in [3.05, 3.63) is 53.6 Å². The molecule has 0 aromatic heterocycles. The molecule has 0 saturated carbocycles. The first-order chi connectivity index (χ1) is 13.7. The number of carbonyl (C=O) groups is 1. The quantitative estimate of drug-likeness (QED) is 0.674. The predicted molar refractivity (Wildman–Crippen MR) is 112 cm³/mol. The molecular weight excluding hydrogens is 392 g/mol. The highest BCUT2D eigenvalue weighted by Gasteiger charge is 2.19. The first-order valence-corrected chi connectivity index (χ1v) is 10.8. The molecular formula is C21H28N2O5S. The molecule has 2 aromatic rings. The topological polar surface area (TPSA) is 84.9 Å². The molecule has 7 nitrogen and oxygen atoms in total. The van der Waals surface area contributed by atoms with Crippen LogP contribution < -0.4 is 14.2 Å². The summed E-state index contributed by atoms with van der Waals surface area (Å²) in [6.45, 7) is 6.29. The van der Waals surface area contributed by atoms with E-state index in [1.54, 1.807) is 39.0 Å². The van der Waals surface area contributed by atoms with Crippen LogP contribution >= 0.6 is 0 Å². The number of rotatable bonds is 9. The van der Waals surface area contributed by atoms with Crippen LogP contribution in [0.3, 0.4) is 0 Å². The molecule has 0 heterocycles. The van der Waals surface area contributed by atoms with Gasteiger partial charge in [-0.15, -0.1) is 0 Å². The second-order valence-corrected chi connectivity index (χ2v) is 8.52. The number of methoxy groups -OCH3 is 2. The Morgan fingerprint density at radius 1 is 1.03 bits per heavy atom. The van der Waals surface area contributed by atoms with Crippen LogP contribution in [0.5, 0.6) is 11.5 Å². The van der Waals surface area contributed by atoms with Gasteiger partial charge in [0, 0.05) is 24.7 Å². The van der Waals surface area contributed by atoms with Crippen molar-refractivity contribution in [3.63, 3.8) is 0 Å². The van der Waals surface area contributed by atoms with Crippen molar-refractivity contribution in [2.24, 2.45) is 0 Å². The lowest BCUT2D eigenvalue weighted by atomic mass is 10.1. The van der Waals surface area contributed by atoms with Gasteiger partial charge in [0.2, 0.25) is 10.0 Å². The highest BCUT2D eigenvalue weighted by Crippen LogP contribution is 2.28. The number of nitrogens with zero attached hydrogens (tertiary/aromatic N) is 1. The lowest BCUT2D eigenvalue weighted by molar-refractivity contribution is 0.0752. The Hall–Kier alpha value is -2.58. The van der Waals surface area contributed by atoms with Crippen molar-refractivity contribution >= 4 is 15.9 Å². The average Bonchev–Trinajstić information content (AvgIpc) is 2.70. The molecule has 2 aromatic carbocycles. The molecule has 0 spiro atoms. The van der Waals surface area contributed by atoms with Gasteiger partial charge in [-0.05, 0) is 62.7 Å². The zero-order valence-corrected chi connectivity index (χ0v) is 18.2. The minimum atomic E-state index is -3.59. The van der Waals surface area contributed by atoms with Crippen LogP contribution in [0.15, 0.2) is 47.4 Å². The fourth-order valence-corrected chi connectivity index (χ4v) is 4.12. The van der Waals surface area contributed by atoms with Crippen molar-refractivity contribution in [2.75, 3.05) is 20.8 Å². The largest absolute Gasteiger partial charge is 0.493 e. The molecule has 1 N–H and O–H groups in total. The summed E-state index contributed by atoms with van der Waals surface area (Å²) in [6.07, 6.45) is 0. The van der Waals surface area contributed by atoms with Gasteiger partial charge in [0.25, 0.3) is 5.91 Å². The van der Waals surface area contributed by atoms with E-state index in [2.05, 4.69) is 4.72 Å². The first kappa shape index (κ1) is 22.7. The zero-order valence-electron chi connectivity index (χ0n) is 17.4. The van der Waals surface area contributed by atoms with Crippen LogP contribution in [0, 0.1) is 0 Å². The lowest BCUT2D eigenvalue weighted by Crippen LogP contribution is -2.31. The van der Waals surface area contributed by atoms with Crippen LogP contribution in [-0.4, -0.2) is 46.0 Å². The number of hydrogen-bond acceptors (Lipinski definition) is 5. The van der Waals surface area contributed by atoms with Gasteiger partial charge in [-0.1, -0.05) is 6.07 Å². The SMILES string of the molecule is CCN(Cc1ccc(OC)c(OC)c1)C(=O)c1ccc(S(=O)(=O)NC(C)C)cc1. The molecule has 0 aliphatic carbocycles. The number of ether oxygens (including phenoxy) is 2. The third-order valence-corrected chi connectivity index (χ3v) is 5.97. The molecule has 0 atom stereocenters. The molecule has 0 saturated heterocycles. The monoisotopic (exact) mass is 420 g/mol. The zero-order chi connectivity index (χ0) is 21.6. The van der Waals surface area contributed by atoms with E-state index in [1.807, 2.05) is 19.1 Å². The fraction of sp³-hybridized carbons (Fsp3) is 0.381. The summed E-state index contributed by atoms with van der Waals surface area (Å²) in [5.74, 6) is 1.04. The highest BCUT2D eigenvalue weighted by molar-refractivity contribution is 7.89. The molecule has 0 unspecified atom stereocenters. The predicted octanol–water partition coefficient (Wildman–Crippen LogP) is 3.05. The van der Waals surface area contributed by atoms with E-state index < -0.39 is 10.0 Å². The van der Waals surface area contributed by atoms with E-state index in [4.69, 9.17) is 9.47 Å². The van der Waals surface area contributed by atoms with Gasteiger partial charge in [0.15, 0.2) is 11.5 Å². The Labute approximate surface area is 172 Å². The van der Waals surface area contributed by atoms with E-state index in [1.165, 1.54) is 24.3 Å². The summed E-state index contributed by atoms with van der Waals surface area (Å²) < 4.78 is 37.6. The summed E-state index contributed by atoms with van der Waals surface area (Å²) in [5.41, 5.74) is 1.33. The smallest absolute Gasteiger partial charge is 0.254 e. The van der Waals surface area contributed by atoms with Crippen LogP contribution in [0.1, 0.15) is 36.7 Å². The van der Waals surface area contributed by atoms with Gasteiger partial charge in [-0.2, -0.15) is 0 Å². The number of hydrogen-bond donors (Lipinski definition) is 1. The Morgan fingerprint density at radius 3 is 2.17 bits per heavy atom. The third kappa shape index (κ3) is 5.71. The minimum Gasteiger partial charge on any atom is -0.493 e. The minimum absolute atomic E-state index is 0.130. The molecule has 0 bridgehead atoms. The highest BCUT2D eigenvalue weighted by atomic mass is 32.2. The summed E-state index contributed by atoms with van der Waals surface area (Å²) in [4.78, 5) is 14.7. The molecule has 1 amide bonds. The van der Waals surface area contributed by atoms with Gasteiger partial charge in [-0.25, -0.2) is 13.1 Å². The Kier molecular flexibility index (Phi) is 7.64. The molecule has 0 radical (unpaired) electrons. The summed E-state index contributed by atoms with van der Waals surface area (Å²) in [6, 6.07) is 11.3. The number of amides is 1. The van der Waals surface area contributed by atoms with Crippen LogP contribution in [0.25, 0.3) is 0 Å². The third-order valence-electron chi connectivity index (χ3n) is 4.29. The number of sulfonamides is 1.